The van der Waals surface area contributed by atoms with E-state index in [2.05, 4.69) is 49.1 Å². The summed E-state index contributed by atoms with van der Waals surface area (Å²) in [5, 5.41) is 25.2. The summed E-state index contributed by atoms with van der Waals surface area (Å²) in [6, 6.07) is 13.5. The van der Waals surface area contributed by atoms with Crippen molar-refractivity contribution in [2.45, 2.75) is 51.7 Å². The molecule has 0 bridgehead atoms. The van der Waals surface area contributed by atoms with Gasteiger partial charge in [0, 0.05) is 50.3 Å². The van der Waals surface area contributed by atoms with Gasteiger partial charge < -0.3 is 25.7 Å². The molecule has 5 rings (SSSR count). The molecule has 4 heterocycles. The zero-order valence-electron chi connectivity index (χ0n) is 26.5. The SMILES string of the molecule is C=CCn1c(=O)c2cnc(Nc3ccc(N4CCN(CCCCCCNC(=O)O)CC4)cc3)nc2n1-c1cccc(C(C)(C)O)n1. The number of benzene rings is 1. The number of rotatable bonds is 14. The number of anilines is 3. The van der Waals surface area contributed by atoms with Crippen LogP contribution in [0.15, 0.2) is 66.1 Å². The van der Waals surface area contributed by atoms with E-state index in [9.17, 15) is 14.7 Å². The van der Waals surface area contributed by atoms with Crippen molar-refractivity contribution in [3.63, 3.8) is 0 Å². The third-order valence-electron chi connectivity index (χ3n) is 8.09. The Morgan fingerprint density at radius 3 is 2.46 bits per heavy atom. The molecule has 244 valence electrons. The van der Waals surface area contributed by atoms with Crippen LogP contribution in [0, 0.1) is 0 Å². The predicted molar refractivity (Wildman–Crippen MR) is 179 cm³/mol. The number of piperazine rings is 1. The minimum Gasteiger partial charge on any atom is -0.465 e. The van der Waals surface area contributed by atoms with Crippen molar-refractivity contribution in [1.82, 2.24) is 34.5 Å². The summed E-state index contributed by atoms with van der Waals surface area (Å²) >= 11 is 0. The number of hydrogen-bond donors (Lipinski definition) is 4. The second kappa shape index (κ2) is 14.6. The van der Waals surface area contributed by atoms with Gasteiger partial charge in [0.1, 0.15) is 11.0 Å². The Labute approximate surface area is 268 Å². The summed E-state index contributed by atoms with van der Waals surface area (Å²) in [5.74, 6) is 0.795. The second-order valence-electron chi connectivity index (χ2n) is 12.0. The Balaban J connectivity index is 1.22. The summed E-state index contributed by atoms with van der Waals surface area (Å²) in [6.45, 7) is 12.9. The molecule has 13 heteroatoms. The number of amides is 1. The molecule has 1 aromatic carbocycles. The standard InChI is InChI=1S/C33H43N9O4/c1-4-17-41-30(43)26-23-35-31(38-29(26)42(41)28-11-9-10-27(37-28)33(2,3)46)36-24-12-14-25(15-13-24)40-21-19-39(20-22-40)18-8-6-5-7-16-34-32(44)45/h4,9-15,23,34,46H,1,5-8,16-22H2,2-3H3,(H,44,45)(H,35,36,38). The third-order valence-corrected chi connectivity index (χ3v) is 8.09. The molecule has 1 aliphatic heterocycles. The lowest BCUT2D eigenvalue weighted by Gasteiger charge is -2.36. The van der Waals surface area contributed by atoms with Crippen LogP contribution in [0.5, 0.6) is 0 Å². The Hall–Kier alpha value is -4.75. The smallest absolute Gasteiger partial charge is 0.404 e. The van der Waals surface area contributed by atoms with Crippen LogP contribution in [0.3, 0.4) is 0 Å². The monoisotopic (exact) mass is 629 g/mol. The zero-order valence-corrected chi connectivity index (χ0v) is 26.5. The van der Waals surface area contributed by atoms with Crippen molar-refractivity contribution in [3.8, 4) is 5.82 Å². The summed E-state index contributed by atoms with van der Waals surface area (Å²) in [5.41, 5.74) is 1.43. The van der Waals surface area contributed by atoms with Gasteiger partial charge in [0.15, 0.2) is 11.5 Å². The van der Waals surface area contributed by atoms with E-state index in [4.69, 9.17) is 10.1 Å². The maximum Gasteiger partial charge on any atom is 0.404 e. The fourth-order valence-electron chi connectivity index (χ4n) is 5.61. The number of carbonyl (C=O) groups is 1. The number of allylic oxidation sites excluding steroid dienone is 1. The quantitative estimate of drug-likeness (QED) is 0.119. The highest BCUT2D eigenvalue weighted by atomic mass is 16.4. The Kier molecular flexibility index (Phi) is 10.3. The summed E-state index contributed by atoms with van der Waals surface area (Å²) in [7, 11) is 0. The van der Waals surface area contributed by atoms with Gasteiger partial charge in [-0.25, -0.2) is 24.1 Å². The molecule has 1 saturated heterocycles. The van der Waals surface area contributed by atoms with Gasteiger partial charge in [-0.15, -0.1) is 6.58 Å². The van der Waals surface area contributed by atoms with Gasteiger partial charge in [0.05, 0.1) is 12.2 Å². The number of hydrogen-bond acceptors (Lipinski definition) is 9. The van der Waals surface area contributed by atoms with Crippen LogP contribution in [0.4, 0.5) is 22.1 Å². The molecule has 46 heavy (non-hydrogen) atoms. The van der Waals surface area contributed by atoms with Crippen molar-refractivity contribution >= 4 is 34.4 Å². The number of pyridine rings is 1. The second-order valence-corrected chi connectivity index (χ2v) is 12.0. The van der Waals surface area contributed by atoms with Crippen molar-refractivity contribution in [2.24, 2.45) is 0 Å². The summed E-state index contributed by atoms with van der Waals surface area (Å²) in [4.78, 5) is 42.5. The molecular formula is C33H43N9O4. The highest BCUT2D eigenvalue weighted by Gasteiger charge is 2.22. The molecule has 3 aromatic heterocycles. The highest BCUT2D eigenvalue weighted by molar-refractivity contribution is 5.77. The molecule has 0 unspecified atom stereocenters. The van der Waals surface area contributed by atoms with Crippen LogP contribution in [0.25, 0.3) is 16.9 Å². The van der Waals surface area contributed by atoms with Gasteiger partial charge in [0.25, 0.3) is 5.56 Å². The number of aliphatic hydroxyl groups is 1. The first kappa shape index (κ1) is 32.6. The minimum absolute atomic E-state index is 0.246. The van der Waals surface area contributed by atoms with Crippen LogP contribution in [0.2, 0.25) is 0 Å². The molecule has 1 fully saturated rings. The number of carboxylic acid groups (broad SMARTS) is 1. The van der Waals surface area contributed by atoms with Gasteiger partial charge >= 0.3 is 6.09 Å². The van der Waals surface area contributed by atoms with Crippen molar-refractivity contribution < 1.29 is 15.0 Å². The lowest BCUT2D eigenvalue weighted by Crippen LogP contribution is -2.46. The molecule has 13 nitrogen and oxygen atoms in total. The third kappa shape index (κ3) is 7.90. The molecule has 1 amide bonds. The number of aromatic nitrogens is 5. The molecule has 0 radical (unpaired) electrons. The van der Waals surface area contributed by atoms with Crippen molar-refractivity contribution in [1.29, 1.82) is 0 Å². The molecule has 0 aliphatic carbocycles. The van der Waals surface area contributed by atoms with E-state index in [-0.39, 0.29) is 12.1 Å². The van der Waals surface area contributed by atoms with Gasteiger partial charge in [-0.05, 0) is 69.6 Å². The Bertz CT molecular complexity index is 1700. The fraction of sp³-hybridized carbons (Fsp3) is 0.424. The maximum atomic E-state index is 13.3. The topological polar surface area (TPSA) is 154 Å². The van der Waals surface area contributed by atoms with Gasteiger partial charge in [0.2, 0.25) is 5.95 Å². The maximum absolute atomic E-state index is 13.3. The predicted octanol–water partition coefficient (Wildman–Crippen LogP) is 4.08. The number of fused-ring (bicyclic) bond motifs is 1. The molecule has 4 N–H and O–H groups in total. The molecule has 1 aliphatic rings. The Morgan fingerprint density at radius 2 is 1.76 bits per heavy atom. The fourth-order valence-corrected chi connectivity index (χ4v) is 5.61. The van der Waals surface area contributed by atoms with E-state index in [0.717, 1.165) is 69.8 Å². The van der Waals surface area contributed by atoms with E-state index in [0.29, 0.717) is 35.0 Å². The summed E-state index contributed by atoms with van der Waals surface area (Å²) < 4.78 is 3.15. The van der Waals surface area contributed by atoms with E-state index in [1.165, 1.54) is 10.9 Å². The van der Waals surface area contributed by atoms with Gasteiger partial charge in [-0.3, -0.25) is 9.69 Å². The average Bonchev–Trinajstić information content (AvgIpc) is 3.31. The Morgan fingerprint density at radius 1 is 1.02 bits per heavy atom. The number of unbranched alkanes of at least 4 members (excludes halogenated alkanes) is 3. The molecule has 0 spiro atoms. The first-order valence-corrected chi connectivity index (χ1v) is 15.7. The zero-order chi connectivity index (χ0) is 32.7. The van der Waals surface area contributed by atoms with Gasteiger partial charge in [-0.2, -0.15) is 4.98 Å². The highest BCUT2D eigenvalue weighted by Crippen LogP contribution is 2.24. The van der Waals surface area contributed by atoms with E-state index in [1.54, 1.807) is 42.8 Å². The van der Waals surface area contributed by atoms with E-state index < -0.39 is 11.7 Å². The average molecular weight is 630 g/mol. The van der Waals surface area contributed by atoms with Crippen LogP contribution in [-0.2, 0) is 12.1 Å². The molecule has 4 aromatic rings. The first-order chi connectivity index (χ1) is 22.1. The summed E-state index contributed by atoms with van der Waals surface area (Å²) in [6.07, 6.45) is 6.36. The molecule has 0 saturated carbocycles. The van der Waals surface area contributed by atoms with Crippen molar-refractivity contribution in [3.05, 3.63) is 77.4 Å². The lowest BCUT2D eigenvalue weighted by molar-refractivity contribution is 0.0738. The van der Waals surface area contributed by atoms with Crippen LogP contribution in [0.1, 0.15) is 45.2 Å². The van der Waals surface area contributed by atoms with Crippen LogP contribution in [-0.4, -0.2) is 84.8 Å². The number of nitrogens with zero attached hydrogens (tertiary/aromatic N) is 7. The van der Waals surface area contributed by atoms with Gasteiger partial charge in [-0.1, -0.05) is 25.0 Å². The van der Waals surface area contributed by atoms with E-state index in [1.807, 2.05) is 12.1 Å². The first-order valence-electron chi connectivity index (χ1n) is 15.7. The minimum atomic E-state index is -1.16. The normalized spacial score (nSPS) is 14.0. The lowest BCUT2D eigenvalue weighted by atomic mass is 10.1. The molecular weight excluding hydrogens is 586 g/mol. The molecule has 0 atom stereocenters. The van der Waals surface area contributed by atoms with Crippen LogP contribution >= 0.6 is 0 Å². The largest absolute Gasteiger partial charge is 0.465 e. The van der Waals surface area contributed by atoms with E-state index >= 15 is 0 Å². The van der Waals surface area contributed by atoms with Crippen LogP contribution < -0.4 is 21.1 Å². The van der Waals surface area contributed by atoms with Crippen molar-refractivity contribution in [2.75, 3.05) is 49.5 Å². The number of nitrogens with one attached hydrogen (secondary N) is 2.